The molecule has 2 fully saturated rings. The van der Waals surface area contributed by atoms with Crippen LogP contribution in [0.1, 0.15) is 51.7 Å². The van der Waals surface area contributed by atoms with E-state index in [2.05, 4.69) is 22.2 Å². The number of nitrogens with one attached hydrogen (secondary N) is 2. The van der Waals surface area contributed by atoms with Crippen LogP contribution in [0.5, 0.6) is 5.75 Å². The maximum Gasteiger partial charge on any atom is 0.412 e. The van der Waals surface area contributed by atoms with Crippen molar-refractivity contribution < 1.29 is 48.1 Å². The van der Waals surface area contributed by atoms with Crippen LogP contribution >= 0.6 is 11.6 Å². The summed E-state index contributed by atoms with van der Waals surface area (Å²) < 4.78 is 29.1. The lowest BCUT2D eigenvalue weighted by Crippen LogP contribution is -2.63. The van der Waals surface area contributed by atoms with E-state index in [1.165, 1.54) is 50.6 Å². The van der Waals surface area contributed by atoms with Gasteiger partial charge in [-0.3, -0.25) is 30.5 Å². The van der Waals surface area contributed by atoms with Gasteiger partial charge in [-0.25, -0.2) is 9.59 Å². The molecule has 7 atom stereocenters. The number of rotatable bonds is 7. The molecule has 0 spiro atoms. The van der Waals surface area contributed by atoms with Crippen molar-refractivity contribution in [3.63, 3.8) is 0 Å². The Hall–Kier alpha value is -5.29. The van der Waals surface area contributed by atoms with Crippen LogP contribution in [-0.2, 0) is 30.2 Å². The number of carbonyl (C=O) groups excluding carboxylic acids is 3. The molecule has 0 aliphatic carbocycles. The minimum atomic E-state index is -1.86. The van der Waals surface area contributed by atoms with E-state index in [1.807, 2.05) is 13.0 Å². The average molecular weight is 796 g/mol. The van der Waals surface area contributed by atoms with E-state index in [-0.39, 0.29) is 34.1 Å². The normalized spacial score (nSPS) is 29.6. The maximum absolute atomic E-state index is 14.2. The Kier molecular flexibility index (Phi) is 12.6. The number of hydrogen-bond donors (Lipinski definition) is 3. The molecule has 17 heteroatoms. The van der Waals surface area contributed by atoms with Crippen molar-refractivity contribution in [1.29, 1.82) is 0 Å². The van der Waals surface area contributed by atoms with E-state index in [1.54, 1.807) is 45.1 Å². The number of allylic oxidation sites excluding steroid dienone is 3. The molecule has 300 valence electrons. The van der Waals surface area contributed by atoms with Crippen LogP contribution in [0.15, 0.2) is 59.6 Å². The zero-order valence-electron chi connectivity index (χ0n) is 32.2. The molecule has 56 heavy (non-hydrogen) atoms. The molecule has 2 aromatic carbocycles. The van der Waals surface area contributed by atoms with E-state index in [0.29, 0.717) is 17.9 Å². The van der Waals surface area contributed by atoms with Crippen molar-refractivity contribution in [2.75, 3.05) is 31.5 Å². The number of aliphatic imine (C=N–C) groups is 1. The third kappa shape index (κ3) is 8.58. The number of anilines is 2. The van der Waals surface area contributed by atoms with Crippen LogP contribution in [0.25, 0.3) is 6.08 Å². The van der Waals surface area contributed by atoms with Gasteiger partial charge in [0.1, 0.15) is 40.4 Å². The number of amides is 3. The first-order valence-electron chi connectivity index (χ1n) is 17.8. The van der Waals surface area contributed by atoms with Crippen LogP contribution in [-0.4, -0.2) is 91.3 Å². The molecular formula is C39H46ClN5O11. The summed E-state index contributed by atoms with van der Waals surface area (Å²) in [5.41, 5.74) is -1.18. The molecule has 3 amide bonds. The Labute approximate surface area is 329 Å². The largest absolute Gasteiger partial charge is 0.495 e. The summed E-state index contributed by atoms with van der Waals surface area (Å²) in [6.45, 7) is 10.7. The number of nitro groups is 1. The van der Waals surface area contributed by atoms with Gasteiger partial charge in [0.15, 0.2) is 5.72 Å². The number of aliphatic hydroxyl groups is 1. The minimum Gasteiger partial charge on any atom is -0.495 e. The van der Waals surface area contributed by atoms with E-state index in [0.717, 1.165) is 11.1 Å². The number of halogens is 1. The third-order valence-electron chi connectivity index (χ3n) is 10.3. The zero-order chi connectivity index (χ0) is 41.1. The summed E-state index contributed by atoms with van der Waals surface area (Å²) in [5.74, 6) is -0.742. The summed E-state index contributed by atoms with van der Waals surface area (Å²) in [6, 6.07) is 6.05. The van der Waals surface area contributed by atoms with Crippen LogP contribution in [0, 0.1) is 16.0 Å². The van der Waals surface area contributed by atoms with Crippen LogP contribution in [0.3, 0.4) is 0 Å². The van der Waals surface area contributed by atoms with Gasteiger partial charge in [0.25, 0.3) is 5.69 Å². The van der Waals surface area contributed by atoms with E-state index >= 15 is 0 Å². The topological polar surface area (TPSA) is 204 Å². The van der Waals surface area contributed by atoms with E-state index in [9.17, 15) is 29.6 Å². The molecule has 3 aliphatic rings. The fourth-order valence-electron chi connectivity index (χ4n) is 7.20. The lowest BCUT2D eigenvalue weighted by atomic mass is 9.83. The van der Waals surface area contributed by atoms with Gasteiger partial charge >= 0.3 is 12.2 Å². The number of alkyl carbamates (subject to hydrolysis) is 1. The van der Waals surface area contributed by atoms with E-state index < -0.39 is 71.1 Å². The van der Waals surface area contributed by atoms with Gasteiger partial charge in [-0.1, -0.05) is 55.0 Å². The quantitative estimate of drug-likeness (QED) is 0.117. The highest BCUT2D eigenvalue weighted by atomic mass is 35.5. The number of ether oxygens (including phenoxy) is 5. The molecule has 0 saturated carbocycles. The van der Waals surface area contributed by atoms with Crippen LogP contribution in [0.4, 0.5) is 32.3 Å². The first-order valence-corrected chi connectivity index (χ1v) is 18.2. The standard InChI is InChI=1S/C39H46ClN5O11/c1-9-24-25(14-15-26(45(50)51)34(24)41-10-2)42-36(47)55-31-19-32(46)44(6)27-17-23(18-28(52-7)33(27)40)16-21(3)12-11-13-30(53-8)39(49)20-29(54-37(48)43-39)22(4)35-38(31,5)56-35/h9-15,17-18,22,29-31,35,49H,1,16,19-20H2,2-8H3,(H,42,47)(H,43,48)/b13-11+,21-12+,41-10?/t22-,29+,30-,31+,35+,38+,39+/m1/s1. The number of epoxide rings is 1. The van der Waals surface area contributed by atoms with Crippen molar-refractivity contribution in [3.05, 3.63) is 80.9 Å². The second kappa shape index (κ2) is 16.8. The number of carbonyl (C=O) groups is 3. The maximum atomic E-state index is 14.2. The fraction of sp³-hybridized carbons (Fsp3) is 0.436. The summed E-state index contributed by atoms with van der Waals surface area (Å²) in [6.07, 6.45) is 2.12. The molecule has 16 nitrogen and oxygen atoms in total. The van der Waals surface area contributed by atoms with Gasteiger partial charge in [-0.15, -0.1) is 0 Å². The number of fused-ring (bicyclic) bond motifs is 5. The van der Waals surface area contributed by atoms with Crippen molar-refractivity contribution in [2.45, 2.75) is 82.7 Å². The second-order valence-electron chi connectivity index (χ2n) is 14.1. The summed E-state index contributed by atoms with van der Waals surface area (Å²) in [7, 11) is 4.42. The number of benzene rings is 2. The van der Waals surface area contributed by atoms with Gasteiger partial charge in [0.2, 0.25) is 5.91 Å². The lowest BCUT2D eigenvalue weighted by molar-refractivity contribution is -0.384. The Morgan fingerprint density at radius 2 is 2.02 bits per heavy atom. The van der Waals surface area contributed by atoms with E-state index in [4.69, 9.17) is 35.3 Å². The highest BCUT2D eigenvalue weighted by Crippen LogP contribution is 2.49. The smallest absolute Gasteiger partial charge is 0.412 e. The molecule has 2 saturated heterocycles. The Morgan fingerprint density at radius 1 is 1.29 bits per heavy atom. The number of methoxy groups -OCH3 is 2. The molecule has 0 radical (unpaired) electrons. The predicted molar refractivity (Wildman–Crippen MR) is 210 cm³/mol. The third-order valence-corrected chi connectivity index (χ3v) is 10.7. The Bertz CT molecular complexity index is 2000. The molecule has 3 aliphatic heterocycles. The summed E-state index contributed by atoms with van der Waals surface area (Å²) in [5, 5.41) is 28.8. The highest BCUT2D eigenvalue weighted by molar-refractivity contribution is 6.35. The first kappa shape index (κ1) is 41.9. The SMILES string of the molecule is C=Cc1c(NC(=O)O[C@H]2CC(=O)N(C)c3cc(cc(OC)c3Cl)C/C(C)=C/C=C/[C@@H](OC)[C@@]3(O)C[C@H](OC(=O)N3)[C@@H](C)[C@@H]3O[C@@]23C)ccc([N+](=O)[O-])c1N=CC. The molecule has 4 bridgehead atoms. The molecule has 3 N–H and O–H groups in total. The van der Waals surface area contributed by atoms with Gasteiger partial charge in [0, 0.05) is 44.3 Å². The number of nitro benzene ring substituents is 1. The molecule has 3 heterocycles. The van der Waals surface area contributed by atoms with Crippen molar-refractivity contribution >= 4 is 64.7 Å². The first-order chi connectivity index (χ1) is 26.5. The minimum absolute atomic E-state index is 0.0247. The number of hydrogen-bond acceptors (Lipinski definition) is 12. The molecule has 0 aromatic heterocycles. The van der Waals surface area contributed by atoms with Gasteiger partial charge in [-0.2, -0.15) is 0 Å². The van der Waals surface area contributed by atoms with Crippen LogP contribution < -0.4 is 20.3 Å². The van der Waals surface area contributed by atoms with Gasteiger partial charge < -0.3 is 33.7 Å². The van der Waals surface area contributed by atoms with Crippen molar-refractivity contribution in [3.8, 4) is 5.75 Å². The molecule has 2 aromatic rings. The Morgan fingerprint density at radius 3 is 2.66 bits per heavy atom. The van der Waals surface area contributed by atoms with Crippen LogP contribution in [0.2, 0.25) is 5.02 Å². The van der Waals surface area contributed by atoms with Crippen molar-refractivity contribution in [2.24, 2.45) is 10.9 Å². The fourth-order valence-corrected chi connectivity index (χ4v) is 7.51. The molecule has 0 unspecified atom stereocenters. The van der Waals surface area contributed by atoms with Gasteiger partial charge in [0.05, 0.1) is 35.9 Å². The summed E-state index contributed by atoms with van der Waals surface area (Å²) in [4.78, 5) is 57.4. The van der Waals surface area contributed by atoms with Crippen molar-refractivity contribution in [1.82, 2.24) is 5.32 Å². The second-order valence-corrected chi connectivity index (χ2v) is 14.4. The monoisotopic (exact) mass is 795 g/mol. The zero-order valence-corrected chi connectivity index (χ0v) is 32.9. The lowest BCUT2D eigenvalue weighted by Gasteiger charge is -2.42. The Balaban J connectivity index is 1.56. The molecular weight excluding hydrogens is 750 g/mol. The van der Waals surface area contributed by atoms with Gasteiger partial charge in [-0.05, 0) is 51.0 Å². The molecule has 5 rings (SSSR count). The predicted octanol–water partition coefficient (Wildman–Crippen LogP) is 6.65. The number of nitrogens with zero attached hydrogens (tertiary/aromatic N) is 3. The summed E-state index contributed by atoms with van der Waals surface area (Å²) >= 11 is 6.76. The highest BCUT2D eigenvalue weighted by Gasteiger charge is 2.64. The average Bonchev–Trinajstić information content (AvgIpc) is 3.84.